The summed E-state index contributed by atoms with van der Waals surface area (Å²) in [6.45, 7) is 3.10. The summed E-state index contributed by atoms with van der Waals surface area (Å²) in [5.41, 5.74) is 4.84. The molecule has 3 N–H and O–H groups in total. The number of hydrogen-bond acceptors (Lipinski definition) is 5. The third-order valence-corrected chi connectivity index (χ3v) is 2.67. The lowest BCUT2D eigenvalue weighted by Gasteiger charge is -2.19. The van der Waals surface area contributed by atoms with Gasteiger partial charge in [-0.25, -0.2) is 4.98 Å². The smallest absolute Gasteiger partial charge is 0.223 e. The first kappa shape index (κ1) is 10.4. The van der Waals surface area contributed by atoms with Crippen LogP contribution in [0.5, 0.6) is 0 Å². The van der Waals surface area contributed by atoms with E-state index in [-0.39, 0.29) is 5.95 Å². The Balaban J connectivity index is 2.24. The van der Waals surface area contributed by atoms with Crippen LogP contribution in [0.1, 0.15) is 13.3 Å². The van der Waals surface area contributed by atoms with Gasteiger partial charge in [0.2, 0.25) is 5.95 Å². The zero-order valence-electron chi connectivity index (χ0n) is 8.44. The van der Waals surface area contributed by atoms with Crippen LogP contribution in [0.15, 0.2) is 6.07 Å². The molecule has 1 aromatic heterocycles. The second-order valence-corrected chi connectivity index (χ2v) is 4.46. The van der Waals surface area contributed by atoms with Crippen molar-refractivity contribution in [3.8, 4) is 0 Å². The molecule has 0 radical (unpaired) electrons. The molecule has 0 spiro atoms. The van der Waals surface area contributed by atoms with Crippen molar-refractivity contribution in [3.05, 3.63) is 11.2 Å². The number of hydrogen-bond donors (Lipinski definition) is 2. The number of rotatable bonds is 1. The fourth-order valence-corrected chi connectivity index (χ4v) is 1.91. The summed E-state index contributed by atoms with van der Waals surface area (Å²) in [5.74, 6) is 0.828. The zero-order valence-corrected chi connectivity index (χ0v) is 9.20. The third kappa shape index (κ3) is 2.30. The van der Waals surface area contributed by atoms with Crippen molar-refractivity contribution in [1.29, 1.82) is 0 Å². The van der Waals surface area contributed by atoms with Crippen LogP contribution in [0.4, 0.5) is 11.8 Å². The summed E-state index contributed by atoms with van der Waals surface area (Å²) >= 11 is 5.78. The minimum absolute atomic E-state index is 0.157. The molecular weight excluding hydrogens is 216 g/mol. The van der Waals surface area contributed by atoms with Crippen LogP contribution in [0.3, 0.4) is 0 Å². The van der Waals surface area contributed by atoms with Gasteiger partial charge >= 0.3 is 0 Å². The van der Waals surface area contributed by atoms with E-state index in [1.165, 1.54) is 0 Å². The summed E-state index contributed by atoms with van der Waals surface area (Å²) in [7, 11) is 0. The van der Waals surface area contributed by atoms with Crippen LogP contribution in [-0.4, -0.2) is 33.8 Å². The maximum absolute atomic E-state index is 9.82. The van der Waals surface area contributed by atoms with Gasteiger partial charge in [-0.15, -0.1) is 0 Å². The van der Waals surface area contributed by atoms with E-state index in [0.29, 0.717) is 23.9 Å². The van der Waals surface area contributed by atoms with Gasteiger partial charge in [0, 0.05) is 19.2 Å². The molecule has 1 aromatic rings. The Bertz CT molecular complexity index is 362. The predicted molar refractivity (Wildman–Crippen MR) is 58.9 cm³/mol. The van der Waals surface area contributed by atoms with Crippen LogP contribution >= 0.6 is 11.6 Å². The largest absolute Gasteiger partial charge is 0.388 e. The summed E-state index contributed by atoms with van der Waals surface area (Å²) in [6.07, 6.45) is 0.717. The molecule has 5 nitrogen and oxygen atoms in total. The quantitative estimate of drug-likeness (QED) is 0.692. The van der Waals surface area contributed by atoms with Gasteiger partial charge in [0.15, 0.2) is 0 Å². The number of nitrogens with two attached hydrogens (primary N) is 1. The van der Waals surface area contributed by atoms with Crippen molar-refractivity contribution in [2.24, 2.45) is 0 Å². The molecule has 1 saturated heterocycles. The molecule has 0 aliphatic carbocycles. The Kier molecular flexibility index (Phi) is 2.44. The van der Waals surface area contributed by atoms with Gasteiger partial charge in [-0.2, -0.15) is 4.98 Å². The van der Waals surface area contributed by atoms with E-state index in [1.807, 2.05) is 4.90 Å². The Hall–Kier alpha value is -1.07. The van der Waals surface area contributed by atoms with Crippen molar-refractivity contribution >= 4 is 23.4 Å². The van der Waals surface area contributed by atoms with Gasteiger partial charge in [0.25, 0.3) is 0 Å². The van der Waals surface area contributed by atoms with Gasteiger partial charge in [-0.3, -0.25) is 0 Å². The molecule has 1 atom stereocenters. The first-order valence-corrected chi connectivity index (χ1v) is 5.11. The predicted octanol–water partition coefficient (Wildman–Crippen LogP) is 0.673. The lowest BCUT2D eigenvalue weighted by molar-refractivity contribution is 0.0839. The number of halogens is 1. The summed E-state index contributed by atoms with van der Waals surface area (Å²) < 4.78 is 0. The Morgan fingerprint density at radius 3 is 2.87 bits per heavy atom. The van der Waals surface area contributed by atoms with Gasteiger partial charge in [0.05, 0.1) is 5.60 Å². The topological polar surface area (TPSA) is 75.3 Å². The Morgan fingerprint density at radius 2 is 2.33 bits per heavy atom. The van der Waals surface area contributed by atoms with Crippen LogP contribution in [0.25, 0.3) is 0 Å². The third-order valence-electron chi connectivity index (χ3n) is 2.47. The standard InChI is InChI=1S/C9H13ClN4O/c1-9(15)2-3-14(5-9)7-4-6(10)12-8(11)13-7/h4,15H,2-3,5H2,1H3,(H2,11,12,13). The molecular formula is C9H13ClN4O. The zero-order chi connectivity index (χ0) is 11.1. The van der Waals surface area contributed by atoms with Gasteiger partial charge < -0.3 is 15.7 Å². The highest BCUT2D eigenvalue weighted by atomic mass is 35.5. The second-order valence-electron chi connectivity index (χ2n) is 4.08. The summed E-state index contributed by atoms with van der Waals surface area (Å²) in [6, 6.07) is 1.65. The van der Waals surface area contributed by atoms with E-state index in [4.69, 9.17) is 17.3 Å². The molecule has 6 heteroatoms. The molecule has 0 amide bonds. The van der Waals surface area contributed by atoms with Crippen LogP contribution in [-0.2, 0) is 0 Å². The van der Waals surface area contributed by atoms with Crippen molar-refractivity contribution in [1.82, 2.24) is 9.97 Å². The average Bonchev–Trinajstić information content (AvgIpc) is 2.44. The van der Waals surface area contributed by atoms with Crippen LogP contribution in [0.2, 0.25) is 5.15 Å². The molecule has 0 saturated carbocycles. The monoisotopic (exact) mass is 228 g/mol. The van der Waals surface area contributed by atoms with Crippen LogP contribution in [0, 0.1) is 0 Å². The molecule has 0 aromatic carbocycles. The molecule has 82 valence electrons. The lowest BCUT2D eigenvalue weighted by Crippen LogP contribution is -2.30. The average molecular weight is 229 g/mol. The SMILES string of the molecule is CC1(O)CCN(c2cc(Cl)nc(N)n2)C1. The van der Waals surface area contributed by atoms with Gasteiger partial charge in [-0.1, -0.05) is 11.6 Å². The van der Waals surface area contributed by atoms with E-state index in [9.17, 15) is 5.11 Å². The van der Waals surface area contributed by atoms with E-state index >= 15 is 0 Å². The summed E-state index contributed by atoms with van der Waals surface area (Å²) in [4.78, 5) is 9.81. The number of nitrogen functional groups attached to an aromatic ring is 1. The number of aliphatic hydroxyl groups is 1. The van der Waals surface area contributed by atoms with Crippen molar-refractivity contribution in [2.75, 3.05) is 23.7 Å². The first-order valence-electron chi connectivity index (χ1n) is 4.74. The van der Waals surface area contributed by atoms with E-state index in [1.54, 1.807) is 13.0 Å². The van der Waals surface area contributed by atoms with Crippen molar-refractivity contribution in [3.63, 3.8) is 0 Å². The van der Waals surface area contributed by atoms with Gasteiger partial charge in [-0.05, 0) is 13.3 Å². The Morgan fingerprint density at radius 1 is 1.60 bits per heavy atom. The normalized spacial score (nSPS) is 25.9. The highest BCUT2D eigenvalue weighted by Crippen LogP contribution is 2.26. The minimum atomic E-state index is -0.661. The molecule has 1 aliphatic heterocycles. The number of β-amino-alcohol motifs (C(OH)–C–C–N with tert-alkyl or cyclic N) is 1. The lowest BCUT2D eigenvalue weighted by atomic mass is 10.1. The molecule has 2 rings (SSSR count). The molecule has 1 aliphatic rings. The fourth-order valence-electron chi connectivity index (χ4n) is 1.73. The molecule has 15 heavy (non-hydrogen) atoms. The maximum atomic E-state index is 9.82. The Labute approximate surface area is 92.9 Å². The highest BCUT2D eigenvalue weighted by Gasteiger charge is 2.32. The highest BCUT2D eigenvalue weighted by molar-refractivity contribution is 6.29. The molecule has 2 heterocycles. The van der Waals surface area contributed by atoms with Gasteiger partial charge in [0.1, 0.15) is 11.0 Å². The van der Waals surface area contributed by atoms with E-state index < -0.39 is 5.60 Å². The minimum Gasteiger partial charge on any atom is -0.388 e. The maximum Gasteiger partial charge on any atom is 0.223 e. The van der Waals surface area contributed by atoms with Crippen molar-refractivity contribution in [2.45, 2.75) is 18.9 Å². The molecule has 0 bridgehead atoms. The number of anilines is 2. The summed E-state index contributed by atoms with van der Waals surface area (Å²) in [5, 5.41) is 10.1. The van der Waals surface area contributed by atoms with Crippen LogP contribution < -0.4 is 10.6 Å². The van der Waals surface area contributed by atoms with E-state index in [2.05, 4.69) is 9.97 Å². The molecule has 1 fully saturated rings. The van der Waals surface area contributed by atoms with Crippen molar-refractivity contribution < 1.29 is 5.11 Å². The number of aromatic nitrogens is 2. The second kappa shape index (κ2) is 3.50. The fraction of sp³-hybridized carbons (Fsp3) is 0.556. The first-order chi connectivity index (χ1) is 6.96. The van der Waals surface area contributed by atoms with E-state index in [0.717, 1.165) is 6.54 Å². The molecule has 1 unspecified atom stereocenters. The number of nitrogens with zero attached hydrogens (tertiary/aromatic N) is 3.